The van der Waals surface area contributed by atoms with Crippen molar-refractivity contribution in [2.75, 3.05) is 17.2 Å². The van der Waals surface area contributed by atoms with Gasteiger partial charge in [0.25, 0.3) is 5.91 Å². The summed E-state index contributed by atoms with van der Waals surface area (Å²) in [7, 11) is 0. The van der Waals surface area contributed by atoms with E-state index in [9.17, 15) is 9.90 Å². The third-order valence-electron chi connectivity index (χ3n) is 2.96. The maximum Gasteiger partial charge on any atom is 0.262 e. The molecule has 4 nitrogen and oxygen atoms in total. The van der Waals surface area contributed by atoms with E-state index in [-0.39, 0.29) is 11.7 Å². The monoisotopic (exact) mass is 382 g/mol. The fourth-order valence-corrected chi connectivity index (χ4v) is 2.41. The second kappa shape index (κ2) is 6.13. The van der Waals surface area contributed by atoms with E-state index in [1.165, 1.54) is 6.07 Å². The van der Waals surface area contributed by atoms with Crippen LogP contribution in [0.4, 0.5) is 11.4 Å². The third-order valence-corrected chi connectivity index (χ3v) is 3.63. The average molecular weight is 382 g/mol. The summed E-state index contributed by atoms with van der Waals surface area (Å²) in [6.45, 7) is 2.40. The molecule has 0 bridgehead atoms. The molecule has 0 unspecified atom stereocenters. The molecule has 0 saturated heterocycles. The predicted molar refractivity (Wildman–Crippen MR) is 89.0 cm³/mol. The number of phenolic OH excluding ortho intramolecular Hbond substituents is 1. The highest BCUT2D eigenvalue weighted by Gasteiger charge is 2.19. The molecule has 1 amide bonds. The minimum Gasteiger partial charge on any atom is -0.507 e. The number of phenols is 1. The summed E-state index contributed by atoms with van der Waals surface area (Å²) < 4.78 is 0.900. The predicted octanol–water partition coefficient (Wildman–Crippen LogP) is 3.25. The maximum atomic E-state index is 12.6. The van der Waals surface area contributed by atoms with Crippen molar-refractivity contribution in [2.45, 2.75) is 6.92 Å². The summed E-state index contributed by atoms with van der Waals surface area (Å²) in [6.07, 6.45) is 0. The zero-order valence-electron chi connectivity index (χ0n) is 11.0. The summed E-state index contributed by atoms with van der Waals surface area (Å²) in [4.78, 5) is 14.2. The normalized spacial score (nSPS) is 10.3. The van der Waals surface area contributed by atoms with Gasteiger partial charge in [0.15, 0.2) is 0 Å². The Balaban J connectivity index is 2.38. The van der Waals surface area contributed by atoms with Gasteiger partial charge in [-0.05, 0) is 72.0 Å². The molecule has 3 N–H and O–H groups in total. The Morgan fingerprint density at radius 3 is 2.50 bits per heavy atom. The molecule has 0 aliphatic carbocycles. The van der Waals surface area contributed by atoms with E-state index in [4.69, 9.17) is 5.73 Å². The highest BCUT2D eigenvalue weighted by molar-refractivity contribution is 14.1. The standard InChI is InChI=1S/C15H15IN2O2/c1-2-18(12-6-4-11(17)5-7-12)15(20)13-9-10(16)3-8-14(13)19/h3-9,19H,2,17H2,1H3. The highest BCUT2D eigenvalue weighted by Crippen LogP contribution is 2.24. The molecular weight excluding hydrogens is 367 g/mol. The Morgan fingerprint density at radius 2 is 1.90 bits per heavy atom. The van der Waals surface area contributed by atoms with Crippen LogP contribution in [0.1, 0.15) is 17.3 Å². The second-order valence-corrected chi connectivity index (χ2v) is 5.55. The molecule has 0 aliphatic rings. The molecule has 2 rings (SSSR count). The first-order valence-electron chi connectivity index (χ1n) is 6.19. The van der Waals surface area contributed by atoms with Crippen molar-refractivity contribution in [3.63, 3.8) is 0 Å². The molecule has 104 valence electrons. The van der Waals surface area contributed by atoms with Crippen LogP contribution < -0.4 is 10.6 Å². The lowest BCUT2D eigenvalue weighted by Gasteiger charge is -2.21. The lowest BCUT2D eigenvalue weighted by atomic mass is 10.1. The van der Waals surface area contributed by atoms with Gasteiger partial charge in [0, 0.05) is 21.5 Å². The number of hydrogen-bond donors (Lipinski definition) is 2. The van der Waals surface area contributed by atoms with Crippen LogP contribution in [-0.2, 0) is 0 Å². The van der Waals surface area contributed by atoms with Crippen LogP contribution >= 0.6 is 22.6 Å². The van der Waals surface area contributed by atoms with Gasteiger partial charge in [0.2, 0.25) is 0 Å². The molecule has 2 aromatic carbocycles. The van der Waals surface area contributed by atoms with Crippen molar-refractivity contribution in [2.24, 2.45) is 0 Å². The molecule has 20 heavy (non-hydrogen) atoms. The van der Waals surface area contributed by atoms with E-state index >= 15 is 0 Å². The number of rotatable bonds is 3. The van der Waals surface area contributed by atoms with Crippen LogP contribution in [0.5, 0.6) is 5.75 Å². The van der Waals surface area contributed by atoms with Crippen molar-refractivity contribution in [3.05, 3.63) is 51.6 Å². The van der Waals surface area contributed by atoms with E-state index in [2.05, 4.69) is 22.6 Å². The van der Waals surface area contributed by atoms with Crippen LogP contribution in [0.2, 0.25) is 0 Å². The number of amides is 1. The quantitative estimate of drug-likeness (QED) is 0.633. The lowest BCUT2D eigenvalue weighted by molar-refractivity contribution is 0.0985. The summed E-state index contributed by atoms with van der Waals surface area (Å²) in [5.41, 5.74) is 7.36. The van der Waals surface area contributed by atoms with Gasteiger partial charge in [-0.2, -0.15) is 0 Å². The van der Waals surface area contributed by atoms with Crippen LogP contribution in [0.15, 0.2) is 42.5 Å². The number of hydrogen-bond acceptors (Lipinski definition) is 3. The number of aromatic hydroxyl groups is 1. The Hall–Kier alpha value is -1.76. The number of nitrogen functional groups attached to an aromatic ring is 1. The van der Waals surface area contributed by atoms with Gasteiger partial charge in [-0.1, -0.05) is 0 Å². The number of benzene rings is 2. The zero-order chi connectivity index (χ0) is 14.7. The fraction of sp³-hybridized carbons (Fsp3) is 0.133. The number of carbonyl (C=O) groups is 1. The Bertz CT molecular complexity index is 626. The van der Waals surface area contributed by atoms with Crippen molar-refractivity contribution < 1.29 is 9.90 Å². The summed E-state index contributed by atoms with van der Waals surface area (Å²) in [6, 6.07) is 12.1. The second-order valence-electron chi connectivity index (χ2n) is 4.30. The van der Waals surface area contributed by atoms with Gasteiger partial charge in [-0.25, -0.2) is 0 Å². The molecule has 5 heteroatoms. The highest BCUT2D eigenvalue weighted by atomic mass is 127. The third kappa shape index (κ3) is 3.04. The van der Waals surface area contributed by atoms with Gasteiger partial charge in [0.1, 0.15) is 5.75 Å². The summed E-state index contributed by atoms with van der Waals surface area (Å²) in [5, 5.41) is 9.87. The molecule has 0 atom stereocenters. The van der Waals surface area contributed by atoms with Gasteiger partial charge in [-0.3, -0.25) is 4.79 Å². The average Bonchev–Trinajstić information content (AvgIpc) is 2.44. The van der Waals surface area contributed by atoms with Crippen LogP contribution in [0.3, 0.4) is 0 Å². The van der Waals surface area contributed by atoms with Crippen molar-refractivity contribution in [1.29, 1.82) is 0 Å². The van der Waals surface area contributed by atoms with Crippen LogP contribution in [-0.4, -0.2) is 17.6 Å². The molecule has 0 heterocycles. The summed E-state index contributed by atoms with van der Waals surface area (Å²) in [5.74, 6) is -0.238. The Labute approximate surface area is 131 Å². The molecule has 0 spiro atoms. The Kier molecular flexibility index (Phi) is 4.49. The molecular formula is C15H15IN2O2. The van der Waals surface area contributed by atoms with Crippen molar-refractivity contribution in [1.82, 2.24) is 0 Å². The van der Waals surface area contributed by atoms with Crippen molar-refractivity contribution in [3.8, 4) is 5.75 Å². The minimum atomic E-state index is -0.228. The SMILES string of the molecule is CCN(C(=O)c1cc(I)ccc1O)c1ccc(N)cc1. The van der Waals surface area contributed by atoms with Gasteiger partial charge in [-0.15, -0.1) is 0 Å². The fourth-order valence-electron chi connectivity index (χ4n) is 1.92. The van der Waals surface area contributed by atoms with Crippen LogP contribution in [0, 0.1) is 3.57 Å². The number of nitrogens with two attached hydrogens (primary N) is 1. The Morgan fingerprint density at radius 1 is 1.25 bits per heavy atom. The number of carbonyl (C=O) groups excluding carboxylic acids is 1. The van der Waals surface area contributed by atoms with E-state index in [0.717, 1.165) is 9.26 Å². The lowest BCUT2D eigenvalue weighted by Crippen LogP contribution is -2.30. The first-order chi connectivity index (χ1) is 9.52. The topological polar surface area (TPSA) is 66.6 Å². The smallest absolute Gasteiger partial charge is 0.262 e. The van der Waals surface area contributed by atoms with E-state index in [1.54, 1.807) is 41.3 Å². The van der Waals surface area contributed by atoms with E-state index in [1.807, 2.05) is 6.92 Å². The molecule has 0 radical (unpaired) electrons. The first kappa shape index (κ1) is 14.6. The zero-order valence-corrected chi connectivity index (χ0v) is 13.2. The van der Waals surface area contributed by atoms with E-state index in [0.29, 0.717) is 17.8 Å². The van der Waals surface area contributed by atoms with Gasteiger partial charge < -0.3 is 15.7 Å². The maximum absolute atomic E-state index is 12.6. The molecule has 2 aromatic rings. The number of halogens is 1. The summed E-state index contributed by atoms with van der Waals surface area (Å²) >= 11 is 2.11. The minimum absolute atomic E-state index is 0.00990. The van der Waals surface area contributed by atoms with Gasteiger partial charge in [0.05, 0.1) is 5.56 Å². The number of nitrogens with zero attached hydrogens (tertiary/aromatic N) is 1. The largest absolute Gasteiger partial charge is 0.507 e. The van der Waals surface area contributed by atoms with Crippen molar-refractivity contribution >= 4 is 39.9 Å². The molecule has 0 aliphatic heterocycles. The van der Waals surface area contributed by atoms with Crippen LogP contribution in [0.25, 0.3) is 0 Å². The van der Waals surface area contributed by atoms with E-state index < -0.39 is 0 Å². The van der Waals surface area contributed by atoms with Gasteiger partial charge >= 0.3 is 0 Å². The first-order valence-corrected chi connectivity index (χ1v) is 7.26. The number of anilines is 2. The molecule has 0 saturated carbocycles. The molecule has 0 aromatic heterocycles. The molecule has 0 fully saturated rings.